The molecule has 2 N–H and O–H groups in total. The third kappa shape index (κ3) is 4.02. The molecule has 0 saturated heterocycles. The van der Waals surface area contributed by atoms with Crippen molar-refractivity contribution < 1.29 is 29.3 Å². The van der Waals surface area contributed by atoms with E-state index in [1.807, 2.05) is 41.5 Å². The largest absolute Gasteiger partial charge is 0.508 e. The Labute approximate surface area is 130 Å². The van der Waals surface area contributed by atoms with Gasteiger partial charge in [0, 0.05) is 0 Å². The Kier molecular flexibility index (Phi) is 4.95. The highest BCUT2D eigenvalue weighted by Crippen LogP contribution is 2.32. The normalized spacial score (nSPS) is 19.0. The second-order valence-electron chi connectivity index (χ2n) is 7.30. The van der Waals surface area contributed by atoms with Gasteiger partial charge in [-0.25, -0.2) is 9.59 Å². The van der Waals surface area contributed by atoms with Crippen molar-refractivity contribution >= 4 is 11.9 Å². The molecule has 0 saturated carbocycles. The molecule has 0 aromatic rings. The van der Waals surface area contributed by atoms with Gasteiger partial charge in [0.05, 0.1) is 11.1 Å². The van der Waals surface area contributed by atoms with Crippen molar-refractivity contribution in [3.63, 3.8) is 0 Å². The lowest BCUT2D eigenvalue weighted by Gasteiger charge is -2.16. The van der Waals surface area contributed by atoms with Crippen molar-refractivity contribution in [1.29, 1.82) is 0 Å². The van der Waals surface area contributed by atoms with Crippen LogP contribution in [0.5, 0.6) is 0 Å². The number of hydrogen-bond donors (Lipinski definition) is 2. The maximum atomic E-state index is 11.0. The number of aliphatic hydroxyl groups is 2. The van der Waals surface area contributed by atoms with Crippen LogP contribution in [0.15, 0.2) is 22.7 Å². The maximum Gasteiger partial charge on any atom is 0.338 e. The predicted octanol–water partition coefficient (Wildman–Crippen LogP) is 2.80. The molecule has 0 fully saturated rings. The van der Waals surface area contributed by atoms with E-state index in [-0.39, 0.29) is 35.6 Å². The molecule has 0 aromatic heterocycles. The first-order valence-electron chi connectivity index (χ1n) is 7.05. The van der Waals surface area contributed by atoms with Gasteiger partial charge in [0.2, 0.25) is 0 Å². The van der Waals surface area contributed by atoms with Crippen LogP contribution in [0.2, 0.25) is 0 Å². The lowest BCUT2D eigenvalue weighted by Crippen LogP contribution is -2.16. The first-order valence-corrected chi connectivity index (χ1v) is 7.05. The number of cyclic esters (lactones) is 2. The second kappa shape index (κ2) is 6.02. The topological polar surface area (TPSA) is 93.1 Å². The van der Waals surface area contributed by atoms with Gasteiger partial charge < -0.3 is 19.7 Å². The van der Waals surface area contributed by atoms with Crippen molar-refractivity contribution in [2.45, 2.75) is 41.5 Å². The van der Waals surface area contributed by atoms with E-state index in [0.717, 1.165) is 0 Å². The summed E-state index contributed by atoms with van der Waals surface area (Å²) in [4.78, 5) is 22.0. The molecule has 2 aliphatic heterocycles. The summed E-state index contributed by atoms with van der Waals surface area (Å²) < 4.78 is 9.28. The molecule has 0 aromatic carbocycles. The van der Waals surface area contributed by atoms with Crippen LogP contribution in [0.1, 0.15) is 41.5 Å². The first-order chi connectivity index (χ1) is 9.85. The van der Waals surface area contributed by atoms with Crippen molar-refractivity contribution in [2.75, 3.05) is 13.2 Å². The fourth-order valence-electron chi connectivity index (χ4n) is 2.27. The van der Waals surface area contributed by atoms with Crippen molar-refractivity contribution in [3.8, 4) is 0 Å². The molecule has 0 amide bonds. The summed E-state index contributed by atoms with van der Waals surface area (Å²) in [6, 6.07) is 0. The van der Waals surface area contributed by atoms with E-state index in [9.17, 15) is 19.8 Å². The zero-order chi connectivity index (χ0) is 17.3. The van der Waals surface area contributed by atoms with Gasteiger partial charge in [-0.15, -0.1) is 0 Å². The maximum absolute atomic E-state index is 11.0. The molecule has 2 rings (SSSR count). The lowest BCUT2D eigenvalue weighted by atomic mass is 9.86. The fraction of sp³-hybridized carbons (Fsp3) is 0.625. The molecule has 0 atom stereocenters. The standard InChI is InChI=1S/2C8H12O3/c2*1-8(2,3)6-5(9)4-11-7(6)10/h2*9H,4H2,1-3H3. The Morgan fingerprint density at radius 3 is 1.09 bits per heavy atom. The Hall–Kier alpha value is -1.98. The van der Waals surface area contributed by atoms with Gasteiger partial charge in [-0.1, -0.05) is 41.5 Å². The van der Waals surface area contributed by atoms with Gasteiger partial charge in [0.25, 0.3) is 0 Å². The molecule has 2 aliphatic rings. The third-order valence-corrected chi connectivity index (χ3v) is 3.17. The molecule has 0 aliphatic carbocycles. The van der Waals surface area contributed by atoms with Crippen LogP contribution < -0.4 is 0 Å². The zero-order valence-electron chi connectivity index (χ0n) is 13.9. The number of aliphatic hydroxyl groups excluding tert-OH is 2. The van der Waals surface area contributed by atoms with Gasteiger partial charge >= 0.3 is 11.9 Å². The average Bonchev–Trinajstić information content (AvgIpc) is 2.81. The summed E-state index contributed by atoms with van der Waals surface area (Å²) in [5.74, 6) is -0.644. The smallest absolute Gasteiger partial charge is 0.338 e. The van der Waals surface area contributed by atoms with Crippen molar-refractivity contribution in [3.05, 3.63) is 22.7 Å². The fourth-order valence-corrected chi connectivity index (χ4v) is 2.27. The highest BCUT2D eigenvalue weighted by Gasteiger charge is 2.34. The molecule has 2 heterocycles. The molecule has 0 radical (unpaired) electrons. The van der Waals surface area contributed by atoms with Crippen molar-refractivity contribution in [1.82, 2.24) is 0 Å². The van der Waals surface area contributed by atoms with E-state index < -0.39 is 11.9 Å². The minimum atomic E-state index is -0.394. The lowest BCUT2D eigenvalue weighted by molar-refractivity contribution is -0.137. The zero-order valence-corrected chi connectivity index (χ0v) is 13.9. The number of ether oxygens (including phenoxy) is 2. The molecule has 6 heteroatoms. The monoisotopic (exact) mass is 312 g/mol. The van der Waals surface area contributed by atoms with E-state index in [0.29, 0.717) is 11.1 Å². The van der Waals surface area contributed by atoms with E-state index in [1.165, 1.54) is 0 Å². The molecule has 124 valence electrons. The highest BCUT2D eigenvalue weighted by atomic mass is 16.6. The van der Waals surface area contributed by atoms with E-state index in [4.69, 9.17) is 0 Å². The van der Waals surface area contributed by atoms with Gasteiger partial charge in [-0.2, -0.15) is 0 Å². The molecule has 0 bridgehead atoms. The minimum Gasteiger partial charge on any atom is -0.508 e. The van der Waals surface area contributed by atoms with E-state index >= 15 is 0 Å². The average molecular weight is 312 g/mol. The minimum absolute atomic E-state index is 0.0332. The number of hydrogen-bond acceptors (Lipinski definition) is 6. The molecular weight excluding hydrogens is 288 g/mol. The molecule has 6 nitrogen and oxygen atoms in total. The number of rotatable bonds is 0. The third-order valence-electron chi connectivity index (χ3n) is 3.17. The second-order valence-corrected chi connectivity index (χ2v) is 7.30. The Balaban J connectivity index is 0.000000220. The predicted molar refractivity (Wildman–Crippen MR) is 80.1 cm³/mol. The van der Waals surface area contributed by atoms with Crippen LogP contribution in [-0.4, -0.2) is 35.4 Å². The quantitative estimate of drug-likeness (QED) is 0.668. The summed E-state index contributed by atoms with van der Waals surface area (Å²) >= 11 is 0. The summed E-state index contributed by atoms with van der Waals surface area (Å²) in [5, 5.41) is 18.5. The van der Waals surface area contributed by atoms with Gasteiger partial charge in [0.15, 0.2) is 0 Å². The van der Waals surface area contributed by atoms with E-state index in [1.54, 1.807) is 0 Å². The first kappa shape index (κ1) is 18.1. The summed E-state index contributed by atoms with van der Waals surface area (Å²) in [6.07, 6.45) is 0. The molecule has 0 spiro atoms. The Morgan fingerprint density at radius 2 is 1.00 bits per heavy atom. The van der Waals surface area contributed by atoms with Gasteiger partial charge in [-0.3, -0.25) is 0 Å². The van der Waals surface area contributed by atoms with Gasteiger partial charge in [-0.05, 0) is 10.8 Å². The molecule has 0 unspecified atom stereocenters. The van der Waals surface area contributed by atoms with E-state index in [2.05, 4.69) is 9.47 Å². The molecular formula is C16H24O6. The Morgan fingerprint density at radius 1 is 0.727 bits per heavy atom. The Bertz CT molecular complexity index is 490. The summed E-state index contributed by atoms with van der Waals surface area (Å²) in [6.45, 7) is 11.3. The van der Waals surface area contributed by atoms with Crippen LogP contribution in [0, 0.1) is 10.8 Å². The number of carbonyl (C=O) groups excluding carboxylic acids is 2. The van der Waals surface area contributed by atoms with Crippen LogP contribution in [-0.2, 0) is 19.1 Å². The highest BCUT2D eigenvalue weighted by molar-refractivity contribution is 5.92. The van der Waals surface area contributed by atoms with Gasteiger partial charge in [0.1, 0.15) is 24.7 Å². The van der Waals surface area contributed by atoms with Crippen LogP contribution in [0.4, 0.5) is 0 Å². The van der Waals surface area contributed by atoms with Crippen molar-refractivity contribution in [2.24, 2.45) is 10.8 Å². The number of carbonyl (C=O) groups is 2. The van der Waals surface area contributed by atoms with Crippen LogP contribution >= 0.6 is 0 Å². The van der Waals surface area contributed by atoms with Crippen LogP contribution in [0.25, 0.3) is 0 Å². The molecule has 22 heavy (non-hydrogen) atoms. The summed E-state index contributed by atoms with van der Waals surface area (Å²) in [7, 11) is 0. The summed E-state index contributed by atoms with van der Waals surface area (Å²) in [5.41, 5.74) is 0.157. The van der Waals surface area contributed by atoms with Crippen LogP contribution in [0.3, 0.4) is 0 Å². The number of esters is 2. The SMILES string of the molecule is CC(C)(C)C1=C(O)COC1=O.CC(C)(C)C1=C(O)COC1=O.